The molecule has 1 amide bonds. The van der Waals surface area contributed by atoms with Crippen LogP contribution in [-0.4, -0.2) is 47.0 Å². The number of anilines is 2. The van der Waals surface area contributed by atoms with Crippen molar-refractivity contribution in [3.8, 4) is 0 Å². The number of carbonyl (C=O) groups excluding carboxylic acids is 1. The van der Waals surface area contributed by atoms with Crippen molar-refractivity contribution < 1.29 is 9.53 Å². The van der Waals surface area contributed by atoms with Gasteiger partial charge in [0.05, 0.1) is 29.1 Å². The fraction of sp³-hybridized carbons (Fsp3) is 0.316. The summed E-state index contributed by atoms with van der Waals surface area (Å²) < 4.78 is 8.01. The number of hydrogen-bond acceptors (Lipinski definition) is 6. The van der Waals surface area contributed by atoms with E-state index in [0.29, 0.717) is 5.15 Å². The summed E-state index contributed by atoms with van der Waals surface area (Å²) in [7, 11) is 1.77. The second-order valence-corrected chi connectivity index (χ2v) is 7.88. The number of fused-ring (bicyclic) bond motifs is 1. The lowest BCUT2D eigenvalue weighted by Crippen LogP contribution is -2.36. The summed E-state index contributed by atoms with van der Waals surface area (Å²) in [5, 5.41) is 8.61. The summed E-state index contributed by atoms with van der Waals surface area (Å²) in [4.78, 5) is 19.2. The Labute approximate surface area is 171 Å². The molecule has 4 rings (SSSR count). The number of amides is 1. The highest BCUT2D eigenvalue weighted by molar-refractivity contribution is 7.22. The summed E-state index contributed by atoms with van der Waals surface area (Å²) >= 11 is 7.81. The molecule has 2 aromatic heterocycles. The lowest BCUT2D eigenvalue weighted by molar-refractivity contribution is -0.111. The van der Waals surface area contributed by atoms with E-state index < -0.39 is 0 Å². The van der Waals surface area contributed by atoms with E-state index in [4.69, 9.17) is 21.3 Å². The van der Waals surface area contributed by atoms with Gasteiger partial charge in [0.25, 0.3) is 0 Å². The first kappa shape index (κ1) is 18.9. The molecule has 1 saturated heterocycles. The van der Waals surface area contributed by atoms with Crippen LogP contribution < -0.4 is 10.2 Å². The minimum Gasteiger partial charge on any atom is -0.378 e. The number of rotatable bonds is 4. The maximum absolute atomic E-state index is 12.3. The third-order valence-electron chi connectivity index (χ3n) is 4.52. The van der Waals surface area contributed by atoms with Crippen LogP contribution >= 0.6 is 22.9 Å². The van der Waals surface area contributed by atoms with Gasteiger partial charge in [-0.25, -0.2) is 4.98 Å². The molecule has 1 aromatic carbocycles. The van der Waals surface area contributed by atoms with Gasteiger partial charge in [-0.2, -0.15) is 5.10 Å². The van der Waals surface area contributed by atoms with E-state index in [-0.39, 0.29) is 5.91 Å². The predicted octanol–water partition coefficient (Wildman–Crippen LogP) is 3.48. The number of benzene rings is 1. The second-order valence-electron chi connectivity index (χ2n) is 6.51. The van der Waals surface area contributed by atoms with Gasteiger partial charge in [0, 0.05) is 37.5 Å². The number of thiazole rings is 1. The first-order valence-corrected chi connectivity index (χ1v) is 10.1. The predicted molar refractivity (Wildman–Crippen MR) is 113 cm³/mol. The van der Waals surface area contributed by atoms with Crippen LogP contribution in [-0.2, 0) is 16.6 Å². The second kappa shape index (κ2) is 7.90. The Morgan fingerprint density at radius 3 is 2.86 bits per heavy atom. The maximum Gasteiger partial charge on any atom is 0.248 e. The summed E-state index contributed by atoms with van der Waals surface area (Å²) in [6.45, 7) is 5.01. The van der Waals surface area contributed by atoms with Gasteiger partial charge in [0.15, 0.2) is 5.13 Å². The van der Waals surface area contributed by atoms with Crippen LogP contribution in [0, 0.1) is 6.92 Å². The van der Waals surface area contributed by atoms with Gasteiger partial charge in [0.1, 0.15) is 5.15 Å². The Morgan fingerprint density at radius 1 is 1.36 bits per heavy atom. The zero-order valence-electron chi connectivity index (χ0n) is 15.6. The number of nitrogens with one attached hydrogen (secondary N) is 1. The first-order chi connectivity index (χ1) is 13.5. The van der Waals surface area contributed by atoms with Crippen LogP contribution in [0.4, 0.5) is 10.8 Å². The molecule has 1 fully saturated rings. The minimum absolute atomic E-state index is 0.225. The highest BCUT2D eigenvalue weighted by Crippen LogP contribution is 2.31. The van der Waals surface area contributed by atoms with Crippen LogP contribution in [0.3, 0.4) is 0 Å². The number of morpholine rings is 1. The van der Waals surface area contributed by atoms with E-state index in [1.54, 1.807) is 29.1 Å². The van der Waals surface area contributed by atoms with E-state index >= 15 is 0 Å². The third-order valence-corrected chi connectivity index (χ3v) is 6.05. The smallest absolute Gasteiger partial charge is 0.248 e. The topological polar surface area (TPSA) is 72.3 Å². The van der Waals surface area contributed by atoms with Gasteiger partial charge in [0.2, 0.25) is 5.91 Å². The minimum atomic E-state index is -0.225. The Morgan fingerprint density at radius 2 is 2.14 bits per heavy atom. The van der Waals surface area contributed by atoms with Crippen LogP contribution in [0.2, 0.25) is 5.15 Å². The molecule has 3 heterocycles. The molecule has 28 heavy (non-hydrogen) atoms. The van der Waals surface area contributed by atoms with Crippen LogP contribution in [0.15, 0.2) is 24.3 Å². The third kappa shape index (κ3) is 3.89. The number of carbonyl (C=O) groups is 1. The van der Waals surface area contributed by atoms with Gasteiger partial charge >= 0.3 is 0 Å². The van der Waals surface area contributed by atoms with Gasteiger partial charge in [-0.1, -0.05) is 22.9 Å². The lowest BCUT2D eigenvalue weighted by atomic mass is 10.2. The maximum atomic E-state index is 12.3. The number of hydrogen-bond donors (Lipinski definition) is 1. The average Bonchev–Trinajstić information content (AvgIpc) is 3.21. The number of halogens is 1. The zero-order valence-corrected chi connectivity index (χ0v) is 17.2. The molecule has 0 spiro atoms. The van der Waals surface area contributed by atoms with Gasteiger partial charge in [-0.3, -0.25) is 9.48 Å². The van der Waals surface area contributed by atoms with Gasteiger partial charge in [-0.05, 0) is 31.2 Å². The summed E-state index contributed by atoms with van der Waals surface area (Å²) in [6.07, 6.45) is 3.15. The Hall–Kier alpha value is -2.42. The fourth-order valence-corrected chi connectivity index (χ4v) is 4.35. The molecular formula is C19H20ClN5O2S. The number of aryl methyl sites for hydroxylation is 2. The van der Waals surface area contributed by atoms with Crippen molar-refractivity contribution in [2.75, 3.05) is 36.5 Å². The molecule has 3 aromatic rings. The first-order valence-electron chi connectivity index (χ1n) is 8.93. The molecule has 1 aliphatic rings. The largest absolute Gasteiger partial charge is 0.378 e. The standard InChI is InChI=1S/C19H20ClN5O2S/c1-12-14(18(20)24(2)23-12)4-6-17(26)21-13-3-5-15-16(11-13)28-19(22-15)25-7-9-27-10-8-25/h3-6,11H,7-10H2,1-2H3,(H,21,26)/b6-4+. The SMILES string of the molecule is Cc1nn(C)c(Cl)c1/C=C/C(=O)Nc1ccc2nc(N3CCOCC3)sc2c1. The van der Waals surface area contributed by atoms with E-state index in [1.807, 2.05) is 25.1 Å². The quantitative estimate of drug-likeness (QED) is 0.658. The highest BCUT2D eigenvalue weighted by atomic mass is 35.5. The van der Waals surface area contributed by atoms with Crippen molar-refractivity contribution >= 4 is 56.0 Å². The monoisotopic (exact) mass is 417 g/mol. The van der Waals surface area contributed by atoms with Crippen molar-refractivity contribution in [3.63, 3.8) is 0 Å². The molecule has 146 valence electrons. The number of nitrogens with zero attached hydrogens (tertiary/aromatic N) is 4. The average molecular weight is 418 g/mol. The molecule has 0 bridgehead atoms. The highest BCUT2D eigenvalue weighted by Gasteiger charge is 2.15. The van der Waals surface area contributed by atoms with E-state index in [0.717, 1.165) is 58.6 Å². The molecule has 1 aliphatic heterocycles. The molecule has 9 heteroatoms. The lowest BCUT2D eigenvalue weighted by Gasteiger charge is -2.25. The van der Waals surface area contributed by atoms with E-state index in [1.165, 1.54) is 6.08 Å². The van der Waals surface area contributed by atoms with Gasteiger partial charge in [-0.15, -0.1) is 0 Å². The Balaban J connectivity index is 1.48. The molecular weight excluding hydrogens is 398 g/mol. The molecule has 0 saturated carbocycles. The number of ether oxygens (including phenoxy) is 1. The number of aromatic nitrogens is 3. The molecule has 1 N–H and O–H groups in total. The Bertz CT molecular complexity index is 1050. The normalized spacial score (nSPS) is 14.9. The summed E-state index contributed by atoms with van der Waals surface area (Å²) in [5.41, 5.74) is 3.18. The fourth-order valence-electron chi connectivity index (χ4n) is 3.06. The molecule has 0 radical (unpaired) electrons. The van der Waals surface area contributed by atoms with E-state index in [2.05, 4.69) is 15.3 Å². The van der Waals surface area contributed by atoms with Crippen molar-refractivity contribution in [1.29, 1.82) is 0 Å². The summed E-state index contributed by atoms with van der Waals surface area (Å²) in [6, 6.07) is 5.74. The molecule has 0 atom stereocenters. The van der Waals surface area contributed by atoms with Crippen LogP contribution in [0.5, 0.6) is 0 Å². The Kier molecular flexibility index (Phi) is 5.34. The zero-order chi connectivity index (χ0) is 19.7. The van der Waals surface area contributed by atoms with E-state index in [9.17, 15) is 4.79 Å². The van der Waals surface area contributed by atoms with Gasteiger partial charge < -0.3 is 15.0 Å². The van der Waals surface area contributed by atoms with Crippen molar-refractivity contribution in [3.05, 3.63) is 40.7 Å². The van der Waals surface area contributed by atoms with Crippen molar-refractivity contribution in [2.24, 2.45) is 7.05 Å². The van der Waals surface area contributed by atoms with Crippen molar-refractivity contribution in [2.45, 2.75) is 6.92 Å². The molecule has 0 aliphatic carbocycles. The summed E-state index contributed by atoms with van der Waals surface area (Å²) in [5.74, 6) is -0.225. The molecule has 0 unspecified atom stereocenters. The van der Waals surface area contributed by atoms with Crippen molar-refractivity contribution in [1.82, 2.24) is 14.8 Å². The molecule has 7 nitrogen and oxygen atoms in total. The van der Waals surface area contributed by atoms with Crippen LogP contribution in [0.1, 0.15) is 11.3 Å². The van der Waals surface area contributed by atoms with Crippen LogP contribution in [0.25, 0.3) is 16.3 Å².